The molecule has 0 saturated heterocycles. The van der Waals surface area contributed by atoms with Crippen molar-refractivity contribution in [2.24, 2.45) is 0 Å². The van der Waals surface area contributed by atoms with Crippen molar-refractivity contribution in [1.82, 2.24) is 0 Å². The molecular formula is C18H16F2O. The number of fused-ring (bicyclic) bond motifs is 1. The highest BCUT2D eigenvalue weighted by Gasteiger charge is 2.16. The van der Waals surface area contributed by atoms with E-state index in [0.29, 0.717) is 5.56 Å². The lowest BCUT2D eigenvalue weighted by atomic mass is 9.89. The summed E-state index contributed by atoms with van der Waals surface area (Å²) in [5.41, 5.74) is 2.87. The summed E-state index contributed by atoms with van der Waals surface area (Å²) in [7, 11) is 0. The monoisotopic (exact) mass is 286 g/mol. The van der Waals surface area contributed by atoms with Crippen LogP contribution in [0.25, 0.3) is 0 Å². The Morgan fingerprint density at radius 3 is 2.33 bits per heavy atom. The smallest absolute Gasteiger partial charge is 0.167 e. The van der Waals surface area contributed by atoms with E-state index >= 15 is 0 Å². The van der Waals surface area contributed by atoms with Gasteiger partial charge in [0.1, 0.15) is 11.6 Å². The molecule has 0 amide bonds. The van der Waals surface area contributed by atoms with Gasteiger partial charge in [-0.3, -0.25) is 4.79 Å². The molecule has 0 aromatic heterocycles. The number of benzene rings is 2. The third kappa shape index (κ3) is 2.87. The molecule has 21 heavy (non-hydrogen) atoms. The fourth-order valence-corrected chi connectivity index (χ4v) is 2.87. The third-order valence-electron chi connectivity index (χ3n) is 4.07. The van der Waals surface area contributed by atoms with Crippen LogP contribution < -0.4 is 0 Å². The van der Waals surface area contributed by atoms with Gasteiger partial charge in [-0.05, 0) is 55.0 Å². The fraction of sp³-hybridized carbons (Fsp3) is 0.278. The van der Waals surface area contributed by atoms with Crippen LogP contribution in [0.15, 0.2) is 36.4 Å². The molecule has 0 saturated carbocycles. The van der Waals surface area contributed by atoms with Crippen LogP contribution in [-0.4, -0.2) is 5.78 Å². The molecule has 0 fully saturated rings. The molecule has 1 nitrogen and oxygen atoms in total. The Morgan fingerprint density at radius 2 is 1.62 bits per heavy atom. The number of hydrogen-bond donors (Lipinski definition) is 0. The molecule has 0 atom stereocenters. The number of carbonyl (C=O) groups excluding carboxylic acids is 1. The number of carbonyl (C=O) groups is 1. The van der Waals surface area contributed by atoms with Crippen LogP contribution in [0.1, 0.15) is 39.9 Å². The SMILES string of the molecule is O=C(Cc1c(F)cccc1F)c1ccc2c(c1)CCCC2. The molecule has 3 heteroatoms. The van der Waals surface area contributed by atoms with E-state index in [9.17, 15) is 13.6 Å². The average Bonchev–Trinajstić information content (AvgIpc) is 2.50. The second kappa shape index (κ2) is 5.76. The van der Waals surface area contributed by atoms with Gasteiger partial charge >= 0.3 is 0 Å². The lowest BCUT2D eigenvalue weighted by Crippen LogP contribution is -2.10. The van der Waals surface area contributed by atoms with Gasteiger partial charge in [0.05, 0.1) is 0 Å². The van der Waals surface area contributed by atoms with Crippen molar-refractivity contribution in [2.75, 3.05) is 0 Å². The predicted molar refractivity (Wildman–Crippen MR) is 77.5 cm³/mol. The molecule has 0 heterocycles. The molecule has 0 radical (unpaired) electrons. The summed E-state index contributed by atoms with van der Waals surface area (Å²) in [6.45, 7) is 0. The maximum Gasteiger partial charge on any atom is 0.167 e. The molecule has 0 unspecified atom stereocenters. The highest BCUT2D eigenvalue weighted by Crippen LogP contribution is 2.23. The largest absolute Gasteiger partial charge is 0.294 e. The molecule has 108 valence electrons. The van der Waals surface area contributed by atoms with E-state index in [4.69, 9.17) is 0 Å². The maximum atomic E-state index is 13.6. The first-order chi connectivity index (χ1) is 10.1. The number of ketones is 1. The average molecular weight is 286 g/mol. The minimum Gasteiger partial charge on any atom is -0.294 e. The summed E-state index contributed by atoms with van der Waals surface area (Å²) in [6.07, 6.45) is 4.10. The molecule has 0 aliphatic heterocycles. The molecular weight excluding hydrogens is 270 g/mol. The zero-order chi connectivity index (χ0) is 14.8. The van der Waals surface area contributed by atoms with Crippen LogP contribution in [0.4, 0.5) is 8.78 Å². The minimum atomic E-state index is -0.665. The summed E-state index contributed by atoms with van der Waals surface area (Å²) >= 11 is 0. The van der Waals surface area contributed by atoms with E-state index < -0.39 is 11.6 Å². The molecule has 0 spiro atoms. The van der Waals surface area contributed by atoms with Crippen LogP contribution in [0, 0.1) is 11.6 Å². The first-order valence-electron chi connectivity index (χ1n) is 7.23. The Morgan fingerprint density at radius 1 is 0.952 bits per heavy atom. The zero-order valence-corrected chi connectivity index (χ0v) is 11.7. The zero-order valence-electron chi connectivity index (χ0n) is 11.7. The first kappa shape index (κ1) is 13.9. The van der Waals surface area contributed by atoms with Crippen molar-refractivity contribution in [3.8, 4) is 0 Å². The summed E-state index contributed by atoms with van der Waals surface area (Å²) in [4.78, 5) is 12.3. The molecule has 0 bridgehead atoms. The van der Waals surface area contributed by atoms with E-state index in [1.54, 1.807) is 6.07 Å². The molecule has 2 aromatic rings. The second-order valence-corrected chi connectivity index (χ2v) is 5.49. The summed E-state index contributed by atoms with van der Waals surface area (Å²) in [5.74, 6) is -1.57. The van der Waals surface area contributed by atoms with Crippen LogP contribution >= 0.6 is 0 Å². The number of hydrogen-bond acceptors (Lipinski definition) is 1. The van der Waals surface area contributed by atoms with Crippen molar-refractivity contribution in [3.05, 3.63) is 70.3 Å². The Kier molecular flexibility index (Phi) is 3.82. The van der Waals surface area contributed by atoms with Crippen molar-refractivity contribution < 1.29 is 13.6 Å². The van der Waals surface area contributed by atoms with Crippen LogP contribution in [0.5, 0.6) is 0 Å². The minimum absolute atomic E-state index is 0.153. The quantitative estimate of drug-likeness (QED) is 0.770. The number of Topliss-reactive ketones (excluding diaryl/α,β-unsaturated/α-hetero) is 1. The Balaban J connectivity index is 1.86. The van der Waals surface area contributed by atoms with Crippen LogP contribution in [0.3, 0.4) is 0 Å². The molecule has 1 aliphatic carbocycles. The van der Waals surface area contributed by atoms with Gasteiger partial charge < -0.3 is 0 Å². The molecule has 3 rings (SSSR count). The summed E-state index contributed by atoms with van der Waals surface area (Å²) in [5, 5.41) is 0. The maximum absolute atomic E-state index is 13.6. The van der Waals surface area contributed by atoms with Gasteiger partial charge in [-0.25, -0.2) is 8.78 Å². The van der Waals surface area contributed by atoms with Gasteiger partial charge in [-0.1, -0.05) is 18.2 Å². The Labute approximate surface area is 122 Å². The van der Waals surface area contributed by atoms with Crippen molar-refractivity contribution in [1.29, 1.82) is 0 Å². The third-order valence-corrected chi connectivity index (χ3v) is 4.07. The topological polar surface area (TPSA) is 17.1 Å². The highest BCUT2D eigenvalue weighted by molar-refractivity contribution is 5.97. The Bertz CT molecular complexity index is 671. The van der Waals surface area contributed by atoms with Gasteiger partial charge in [0.25, 0.3) is 0 Å². The van der Waals surface area contributed by atoms with Crippen LogP contribution in [0.2, 0.25) is 0 Å². The van der Waals surface area contributed by atoms with E-state index in [1.807, 2.05) is 12.1 Å². The molecule has 1 aliphatic rings. The number of halogens is 2. The van der Waals surface area contributed by atoms with E-state index in [1.165, 1.54) is 35.7 Å². The van der Waals surface area contributed by atoms with Crippen molar-refractivity contribution in [2.45, 2.75) is 32.1 Å². The Hall–Kier alpha value is -2.03. The van der Waals surface area contributed by atoms with Crippen molar-refractivity contribution in [3.63, 3.8) is 0 Å². The normalized spacial score (nSPS) is 13.8. The van der Waals surface area contributed by atoms with Gasteiger partial charge in [-0.15, -0.1) is 0 Å². The molecule has 2 aromatic carbocycles. The first-order valence-corrected chi connectivity index (χ1v) is 7.23. The highest BCUT2D eigenvalue weighted by atomic mass is 19.1. The van der Waals surface area contributed by atoms with Crippen LogP contribution in [-0.2, 0) is 19.3 Å². The summed E-state index contributed by atoms with van der Waals surface area (Å²) in [6, 6.07) is 9.29. The van der Waals surface area contributed by atoms with E-state index in [2.05, 4.69) is 0 Å². The van der Waals surface area contributed by atoms with E-state index in [0.717, 1.165) is 19.3 Å². The van der Waals surface area contributed by atoms with Gasteiger partial charge in [0.2, 0.25) is 0 Å². The van der Waals surface area contributed by atoms with Gasteiger partial charge in [0.15, 0.2) is 5.78 Å². The number of rotatable bonds is 3. The molecule has 0 N–H and O–H groups in total. The van der Waals surface area contributed by atoms with Gasteiger partial charge in [0, 0.05) is 17.5 Å². The van der Waals surface area contributed by atoms with Crippen molar-refractivity contribution >= 4 is 5.78 Å². The summed E-state index contributed by atoms with van der Waals surface area (Å²) < 4.78 is 27.2. The lowest BCUT2D eigenvalue weighted by molar-refractivity contribution is 0.0990. The standard InChI is InChI=1S/C18H16F2O/c19-16-6-3-7-17(20)15(16)11-18(21)14-9-8-12-4-1-2-5-13(12)10-14/h3,6-10H,1-2,4-5,11H2. The second-order valence-electron chi connectivity index (χ2n) is 5.49. The fourth-order valence-electron chi connectivity index (χ4n) is 2.87. The van der Waals surface area contributed by atoms with E-state index in [-0.39, 0.29) is 17.8 Å². The predicted octanol–water partition coefficient (Wildman–Crippen LogP) is 4.27. The lowest BCUT2D eigenvalue weighted by Gasteiger charge is -2.16. The number of aryl methyl sites for hydroxylation is 2. The van der Waals surface area contributed by atoms with Gasteiger partial charge in [-0.2, -0.15) is 0 Å².